The van der Waals surface area contributed by atoms with Gasteiger partial charge in [0, 0.05) is 6.42 Å². The molecule has 0 N–H and O–H groups in total. The second-order valence-corrected chi connectivity index (χ2v) is 3.97. The minimum Gasteiger partial charge on any atom is -0.497 e. The van der Waals surface area contributed by atoms with Crippen LogP contribution in [0.4, 0.5) is 0 Å². The first kappa shape index (κ1) is 13.3. The Kier molecular flexibility index (Phi) is 5.27. The van der Waals surface area contributed by atoms with E-state index in [1.54, 1.807) is 7.11 Å². The van der Waals surface area contributed by atoms with Crippen molar-refractivity contribution >= 4 is 5.97 Å². The van der Waals surface area contributed by atoms with Crippen molar-refractivity contribution in [2.75, 3.05) is 13.7 Å². The highest BCUT2D eigenvalue weighted by Crippen LogP contribution is 2.12. The number of benzene rings is 1. The standard InChI is InChI=1S/C14H18O3/c1-11(2)10-17-14(15)9-6-12-4-7-13(16-3)8-5-12/h4-5,7-8H,1,6,9-10H2,2-3H3. The van der Waals surface area contributed by atoms with Crippen LogP contribution in [0, 0.1) is 0 Å². The molecule has 1 aromatic carbocycles. The number of hydrogen-bond donors (Lipinski definition) is 0. The average Bonchev–Trinajstić information content (AvgIpc) is 2.34. The molecule has 0 heterocycles. The van der Waals surface area contributed by atoms with Crippen molar-refractivity contribution in [2.45, 2.75) is 19.8 Å². The summed E-state index contributed by atoms with van der Waals surface area (Å²) in [4.78, 5) is 11.4. The smallest absolute Gasteiger partial charge is 0.306 e. The molecule has 92 valence electrons. The summed E-state index contributed by atoms with van der Waals surface area (Å²) in [5.74, 6) is 0.627. The third-order valence-corrected chi connectivity index (χ3v) is 2.26. The predicted octanol–water partition coefficient (Wildman–Crippen LogP) is 2.75. The zero-order chi connectivity index (χ0) is 12.7. The molecule has 0 aromatic heterocycles. The fraction of sp³-hybridized carbons (Fsp3) is 0.357. The van der Waals surface area contributed by atoms with Gasteiger partial charge in [-0.1, -0.05) is 18.7 Å². The van der Waals surface area contributed by atoms with Gasteiger partial charge in [0.1, 0.15) is 12.4 Å². The van der Waals surface area contributed by atoms with Crippen molar-refractivity contribution < 1.29 is 14.3 Å². The fourth-order valence-corrected chi connectivity index (χ4v) is 1.31. The SMILES string of the molecule is C=C(C)COC(=O)CCc1ccc(OC)cc1. The Hall–Kier alpha value is -1.77. The van der Waals surface area contributed by atoms with Crippen molar-refractivity contribution in [1.29, 1.82) is 0 Å². The zero-order valence-corrected chi connectivity index (χ0v) is 10.4. The van der Waals surface area contributed by atoms with E-state index in [0.29, 0.717) is 19.4 Å². The lowest BCUT2D eigenvalue weighted by Crippen LogP contribution is -2.07. The van der Waals surface area contributed by atoms with E-state index in [2.05, 4.69) is 6.58 Å². The highest BCUT2D eigenvalue weighted by Gasteiger charge is 2.03. The van der Waals surface area contributed by atoms with Gasteiger partial charge in [-0.3, -0.25) is 4.79 Å². The molecule has 0 aliphatic rings. The van der Waals surface area contributed by atoms with E-state index in [9.17, 15) is 4.79 Å². The Morgan fingerprint density at radius 2 is 1.94 bits per heavy atom. The van der Waals surface area contributed by atoms with Crippen LogP contribution in [0.25, 0.3) is 0 Å². The number of esters is 1. The van der Waals surface area contributed by atoms with E-state index in [1.807, 2.05) is 31.2 Å². The van der Waals surface area contributed by atoms with Crippen LogP contribution in [0.2, 0.25) is 0 Å². The molecular formula is C14H18O3. The number of rotatable bonds is 6. The summed E-state index contributed by atoms with van der Waals surface area (Å²) in [5, 5.41) is 0. The molecule has 0 spiro atoms. The first-order valence-corrected chi connectivity index (χ1v) is 5.54. The van der Waals surface area contributed by atoms with Crippen LogP contribution in [-0.2, 0) is 16.0 Å². The Morgan fingerprint density at radius 1 is 1.29 bits per heavy atom. The van der Waals surface area contributed by atoms with Gasteiger partial charge in [0.25, 0.3) is 0 Å². The van der Waals surface area contributed by atoms with Gasteiger partial charge >= 0.3 is 5.97 Å². The molecular weight excluding hydrogens is 216 g/mol. The predicted molar refractivity (Wildman–Crippen MR) is 67.1 cm³/mol. The second kappa shape index (κ2) is 6.74. The Balaban J connectivity index is 2.34. The molecule has 0 aliphatic heterocycles. The van der Waals surface area contributed by atoms with Gasteiger partial charge in [-0.15, -0.1) is 0 Å². The zero-order valence-electron chi connectivity index (χ0n) is 10.4. The van der Waals surface area contributed by atoms with Gasteiger partial charge in [-0.05, 0) is 36.6 Å². The van der Waals surface area contributed by atoms with Gasteiger partial charge < -0.3 is 9.47 Å². The Bertz CT molecular complexity index is 379. The van der Waals surface area contributed by atoms with Crippen molar-refractivity contribution in [3.05, 3.63) is 42.0 Å². The Labute approximate surface area is 102 Å². The molecule has 0 aliphatic carbocycles. The van der Waals surface area contributed by atoms with Gasteiger partial charge in [-0.25, -0.2) is 0 Å². The van der Waals surface area contributed by atoms with Crippen LogP contribution < -0.4 is 4.74 Å². The van der Waals surface area contributed by atoms with Crippen LogP contribution in [0.3, 0.4) is 0 Å². The molecule has 0 amide bonds. The lowest BCUT2D eigenvalue weighted by atomic mass is 10.1. The maximum absolute atomic E-state index is 11.4. The molecule has 17 heavy (non-hydrogen) atoms. The van der Waals surface area contributed by atoms with E-state index in [-0.39, 0.29) is 5.97 Å². The number of methoxy groups -OCH3 is 1. The summed E-state index contributed by atoms with van der Waals surface area (Å²) >= 11 is 0. The van der Waals surface area contributed by atoms with E-state index >= 15 is 0 Å². The lowest BCUT2D eigenvalue weighted by molar-refractivity contribution is -0.142. The highest BCUT2D eigenvalue weighted by molar-refractivity contribution is 5.69. The van der Waals surface area contributed by atoms with Gasteiger partial charge in [-0.2, -0.15) is 0 Å². The second-order valence-electron chi connectivity index (χ2n) is 3.97. The minimum atomic E-state index is -0.191. The molecule has 1 rings (SSSR count). The summed E-state index contributed by atoms with van der Waals surface area (Å²) in [6.45, 7) is 5.81. The van der Waals surface area contributed by atoms with Crippen molar-refractivity contribution in [2.24, 2.45) is 0 Å². The third kappa shape index (κ3) is 5.20. The molecule has 3 heteroatoms. The Morgan fingerprint density at radius 3 is 2.47 bits per heavy atom. The number of ether oxygens (including phenoxy) is 2. The van der Waals surface area contributed by atoms with E-state index in [4.69, 9.17) is 9.47 Å². The maximum Gasteiger partial charge on any atom is 0.306 e. The monoisotopic (exact) mass is 234 g/mol. The topological polar surface area (TPSA) is 35.5 Å². The largest absolute Gasteiger partial charge is 0.497 e. The molecule has 1 aromatic rings. The van der Waals surface area contributed by atoms with Crippen LogP contribution in [0.15, 0.2) is 36.4 Å². The number of aryl methyl sites for hydroxylation is 1. The van der Waals surface area contributed by atoms with Crippen molar-refractivity contribution in [3.63, 3.8) is 0 Å². The normalized spacial score (nSPS) is 9.76. The highest BCUT2D eigenvalue weighted by atomic mass is 16.5. The van der Waals surface area contributed by atoms with Gasteiger partial charge in [0.15, 0.2) is 0 Å². The van der Waals surface area contributed by atoms with Gasteiger partial charge in [0.2, 0.25) is 0 Å². The molecule has 0 radical (unpaired) electrons. The van der Waals surface area contributed by atoms with Crippen LogP contribution in [0.5, 0.6) is 5.75 Å². The minimum absolute atomic E-state index is 0.191. The van der Waals surface area contributed by atoms with Crippen molar-refractivity contribution in [3.8, 4) is 5.75 Å². The van der Waals surface area contributed by atoms with Gasteiger partial charge in [0.05, 0.1) is 7.11 Å². The molecule has 3 nitrogen and oxygen atoms in total. The lowest BCUT2D eigenvalue weighted by Gasteiger charge is -2.05. The molecule has 0 bridgehead atoms. The first-order valence-electron chi connectivity index (χ1n) is 5.54. The average molecular weight is 234 g/mol. The summed E-state index contributed by atoms with van der Waals surface area (Å²) < 4.78 is 10.1. The summed E-state index contributed by atoms with van der Waals surface area (Å²) in [6, 6.07) is 7.67. The summed E-state index contributed by atoms with van der Waals surface area (Å²) in [6.07, 6.45) is 1.07. The third-order valence-electron chi connectivity index (χ3n) is 2.26. The summed E-state index contributed by atoms with van der Waals surface area (Å²) in [7, 11) is 1.63. The van der Waals surface area contributed by atoms with Crippen LogP contribution >= 0.6 is 0 Å². The van der Waals surface area contributed by atoms with E-state index in [1.165, 1.54) is 0 Å². The summed E-state index contributed by atoms with van der Waals surface area (Å²) in [5.41, 5.74) is 1.95. The molecule has 0 atom stereocenters. The van der Waals surface area contributed by atoms with Crippen molar-refractivity contribution in [1.82, 2.24) is 0 Å². The maximum atomic E-state index is 11.4. The molecule has 0 unspecified atom stereocenters. The fourth-order valence-electron chi connectivity index (χ4n) is 1.31. The van der Waals surface area contributed by atoms with Crippen LogP contribution in [-0.4, -0.2) is 19.7 Å². The van der Waals surface area contributed by atoms with E-state index in [0.717, 1.165) is 16.9 Å². The van der Waals surface area contributed by atoms with E-state index < -0.39 is 0 Å². The number of carbonyl (C=O) groups excluding carboxylic acids is 1. The van der Waals surface area contributed by atoms with Crippen LogP contribution in [0.1, 0.15) is 18.9 Å². The number of carbonyl (C=O) groups is 1. The quantitative estimate of drug-likeness (QED) is 0.561. The molecule has 0 saturated heterocycles. The molecule has 0 saturated carbocycles. The first-order chi connectivity index (χ1) is 8.11. The number of hydrogen-bond acceptors (Lipinski definition) is 3. The molecule has 0 fully saturated rings.